The molecule has 6 nitrogen and oxygen atoms in total. The van der Waals surface area contributed by atoms with Crippen LogP contribution in [0.4, 0.5) is 0 Å². The molecule has 3 fully saturated rings. The number of carbonyl (C=O) groups excluding carboxylic acids is 1. The number of nitrogens with zero attached hydrogens (tertiary/aromatic N) is 1. The highest BCUT2D eigenvalue weighted by molar-refractivity contribution is 5.78. The van der Waals surface area contributed by atoms with Crippen LogP contribution in [0.25, 0.3) is 0 Å². The third-order valence-electron chi connectivity index (χ3n) is 4.47. The number of carbonyl (C=O) groups is 2. The molecule has 0 aromatic heterocycles. The van der Waals surface area contributed by atoms with Crippen molar-refractivity contribution < 1.29 is 19.4 Å². The van der Waals surface area contributed by atoms with E-state index in [-0.39, 0.29) is 29.8 Å². The Morgan fingerprint density at radius 3 is 2.63 bits per heavy atom. The number of likely N-dealkylation sites (tertiary alicyclic amines) is 1. The van der Waals surface area contributed by atoms with Crippen LogP contribution in [0.5, 0.6) is 0 Å². The third-order valence-corrected chi connectivity index (χ3v) is 4.47. The Balaban J connectivity index is 1.34. The molecular weight excluding hydrogens is 248 g/mol. The summed E-state index contributed by atoms with van der Waals surface area (Å²) < 4.78 is 5.44. The van der Waals surface area contributed by atoms with Gasteiger partial charge in [-0.1, -0.05) is 0 Å². The first-order valence-corrected chi connectivity index (χ1v) is 6.98. The lowest BCUT2D eigenvalue weighted by Crippen LogP contribution is -2.40. The molecule has 1 saturated carbocycles. The lowest BCUT2D eigenvalue weighted by atomic mass is 10.2. The molecule has 1 aliphatic carbocycles. The fourth-order valence-corrected chi connectivity index (χ4v) is 3.40. The first-order valence-electron chi connectivity index (χ1n) is 6.98. The van der Waals surface area contributed by atoms with Gasteiger partial charge in [0.05, 0.1) is 18.6 Å². The van der Waals surface area contributed by atoms with Crippen LogP contribution in [0.3, 0.4) is 0 Å². The molecule has 0 aromatic rings. The molecule has 4 atom stereocenters. The Hall–Kier alpha value is -1.14. The van der Waals surface area contributed by atoms with Crippen LogP contribution in [0, 0.1) is 17.8 Å². The molecule has 0 bridgehead atoms. The molecule has 0 spiro atoms. The molecule has 0 aromatic carbocycles. The average Bonchev–Trinajstić information content (AvgIpc) is 2.78. The third kappa shape index (κ3) is 2.74. The Bertz CT molecular complexity index is 369. The van der Waals surface area contributed by atoms with E-state index >= 15 is 0 Å². The van der Waals surface area contributed by atoms with E-state index in [1.807, 2.05) is 0 Å². The molecule has 1 unspecified atom stereocenters. The van der Waals surface area contributed by atoms with E-state index in [0.717, 1.165) is 32.5 Å². The van der Waals surface area contributed by atoms with Gasteiger partial charge in [0.25, 0.3) is 0 Å². The number of rotatable bonds is 5. The van der Waals surface area contributed by atoms with E-state index in [1.165, 1.54) is 0 Å². The molecule has 1 amide bonds. The minimum atomic E-state index is -0.683. The number of amides is 1. The Morgan fingerprint density at radius 2 is 2.05 bits per heavy atom. The highest BCUT2D eigenvalue weighted by Crippen LogP contribution is 2.51. The summed E-state index contributed by atoms with van der Waals surface area (Å²) in [5.74, 6) is -0.292. The molecule has 106 valence electrons. The zero-order chi connectivity index (χ0) is 13.4. The van der Waals surface area contributed by atoms with Crippen molar-refractivity contribution in [2.75, 3.05) is 32.8 Å². The van der Waals surface area contributed by atoms with Crippen molar-refractivity contribution in [2.24, 2.45) is 17.8 Å². The number of hydrogen-bond donors (Lipinski definition) is 2. The smallest absolute Gasteiger partial charge is 0.307 e. The van der Waals surface area contributed by atoms with E-state index in [2.05, 4.69) is 10.2 Å². The second kappa shape index (κ2) is 5.09. The molecule has 19 heavy (non-hydrogen) atoms. The van der Waals surface area contributed by atoms with E-state index < -0.39 is 5.97 Å². The standard InChI is InChI=1S/C13H20N2O4/c16-11(14-4-8-2-1-3-19-8)7-15-5-9-10(6-15)12(9)13(17)18/h8-10,12H,1-7H2,(H,14,16)(H,17,18)/t8-,9-,10+,12?/m0/s1. The fraction of sp³-hybridized carbons (Fsp3) is 0.846. The number of carboxylic acid groups (broad SMARTS) is 1. The summed E-state index contributed by atoms with van der Waals surface area (Å²) in [5.41, 5.74) is 0. The zero-order valence-corrected chi connectivity index (χ0v) is 10.9. The monoisotopic (exact) mass is 268 g/mol. The zero-order valence-electron chi connectivity index (χ0n) is 10.9. The van der Waals surface area contributed by atoms with Gasteiger partial charge in [-0.3, -0.25) is 14.5 Å². The van der Waals surface area contributed by atoms with Crippen molar-refractivity contribution >= 4 is 11.9 Å². The van der Waals surface area contributed by atoms with Crippen molar-refractivity contribution in [3.05, 3.63) is 0 Å². The highest BCUT2D eigenvalue weighted by atomic mass is 16.5. The summed E-state index contributed by atoms with van der Waals surface area (Å²) >= 11 is 0. The van der Waals surface area contributed by atoms with Crippen LogP contribution in [0.2, 0.25) is 0 Å². The first-order chi connectivity index (χ1) is 9.15. The minimum absolute atomic E-state index is 0.0173. The fourth-order valence-electron chi connectivity index (χ4n) is 3.40. The number of fused-ring (bicyclic) bond motifs is 1. The maximum absolute atomic E-state index is 11.8. The van der Waals surface area contributed by atoms with Crippen LogP contribution in [0.15, 0.2) is 0 Å². The molecule has 2 N–H and O–H groups in total. The first kappa shape index (κ1) is 12.9. The topological polar surface area (TPSA) is 78.9 Å². The number of aliphatic carboxylic acids is 1. The maximum atomic E-state index is 11.8. The maximum Gasteiger partial charge on any atom is 0.307 e. The van der Waals surface area contributed by atoms with Gasteiger partial charge < -0.3 is 15.2 Å². The van der Waals surface area contributed by atoms with Crippen LogP contribution in [-0.2, 0) is 14.3 Å². The minimum Gasteiger partial charge on any atom is -0.481 e. The van der Waals surface area contributed by atoms with Crippen molar-refractivity contribution in [3.8, 4) is 0 Å². The largest absolute Gasteiger partial charge is 0.481 e. The second-order valence-electron chi connectivity index (χ2n) is 5.82. The Kier molecular flexibility index (Phi) is 3.45. The van der Waals surface area contributed by atoms with Crippen LogP contribution in [0.1, 0.15) is 12.8 Å². The van der Waals surface area contributed by atoms with E-state index in [1.54, 1.807) is 0 Å². The van der Waals surface area contributed by atoms with Gasteiger partial charge in [-0.25, -0.2) is 0 Å². The molecule has 2 aliphatic heterocycles. The van der Waals surface area contributed by atoms with Gasteiger partial charge >= 0.3 is 5.97 Å². The average molecular weight is 268 g/mol. The summed E-state index contributed by atoms with van der Waals surface area (Å²) in [7, 11) is 0. The van der Waals surface area contributed by atoms with Crippen molar-refractivity contribution in [1.82, 2.24) is 10.2 Å². The molecular formula is C13H20N2O4. The van der Waals surface area contributed by atoms with Crippen LogP contribution < -0.4 is 5.32 Å². The summed E-state index contributed by atoms with van der Waals surface area (Å²) in [6.07, 6.45) is 2.27. The lowest BCUT2D eigenvalue weighted by Gasteiger charge is -2.18. The van der Waals surface area contributed by atoms with Crippen LogP contribution >= 0.6 is 0 Å². The number of hydrogen-bond acceptors (Lipinski definition) is 4. The van der Waals surface area contributed by atoms with Crippen molar-refractivity contribution in [3.63, 3.8) is 0 Å². The molecule has 2 heterocycles. The molecule has 2 saturated heterocycles. The Labute approximate surface area is 112 Å². The summed E-state index contributed by atoms with van der Waals surface area (Å²) in [5, 5.41) is 11.8. The predicted molar refractivity (Wildman–Crippen MR) is 66.5 cm³/mol. The van der Waals surface area contributed by atoms with E-state index in [0.29, 0.717) is 13.1 Å². The van der Waals surface area contributed by atoms with E-state index in [9.17, 15) is 9.59 Å². The quantitative estimate of drug-likeness (QED) is 0.705. The Morgan fingerprint density at radius 1 is 1.32 bits per heavy atom. The number of carboxylic acids is 1. The van der Waals surface area contributed by atoms with Gasteiger partial charge in [-0.15, -0.1) is 0 Å². The second-order valence-corrected chi connectivity index (χ2v) is 5.82. The number of ether oxygens (including phenoxy) is 1. The van der Waals surface area contributed by atoms with Gasteiger partial charge in [0, 0.05) is 26.2 Å². The molecule has 3 rings (SSSR count). The van der Waals surface area contributed by atoms with Gasteiger partial charge in [-0.2, -0.15) is 0 Å². The summed E-state index contributed by atoms with van der Waals surface area (Å²) in [6.45, 7) is 3.26. The summed E-state index contributed by atoms with van der Waals surface area (Å²) in [6, 6.07) is 0. The lowest BCUT2D eigenvalue weighted by molar-refractivity contribution is -0.139. The highest BCUT2D eigenvalue weighted by Gasteiger charge is 2.59. The van der Waals surface area contributed by atoms with Gasteiger partial charge in [0.15, 0.2) is 0 Å². The normalized spacial score (nSPS) is 37.1. The van der Waals surface area contributed by atoms with E-state index in [4.69, 9.17) is 9.84 Å². The van der Waals surface area contributed by atoms with Crippen molar-refractivity contribution in [2.45, 2.75) is 18.9 Å². The van der Waals surface area contributed by atoms with Gasteiger partial charge in [-0.05, 0) is 24.7 Å². The van der Waals surface area contributed by atoms with Crippen molar-refractivity contribution in [1.29, 1.82) is 0 Å². The SMILES string of the molecule is O=C(CN1C[C@@H]2C(C(=O)O)[C@@H]2C1)NC[C@@H]1CCCO1. The van der Waals surface area contributed by atoms with Gasteiger partial charge in [0.1, 0.15) is 0 Å². The predicted octanol–water partition coefficient (Wildman–Crippen LogP) is -0.456. The molecule has 6 heteroatoms. The number of piperidine rings is 1. The van der Waals surface area contributed by atoms with Crippen LogP contribution in [-0.4, -0.2) is 60.8 Å². The van der Waals surface area contributed by atoms with Gasteiger partial charge in [0.2, 0.25) is 5.91 Å². The molecule has 3 aliphatic rings. The molecule has 0 radical (unpaired) electrons. The number of nitrogens with one attached hydrogen (secondary N) is 1. The summed E-state index contributed by atoms with van der Waals surface area (Å²) in [4.78, 5) is 24.7.